The molecule has 0 fully saturated rings. The third-order valence-electron chi connectivity index (χ3n) is 4.65. The van der Waals surface area contributed by atoms with Gasteiger partial charge in [0.2, 0.25) is 0 Å². The Morgan fingerprint density at radius 2 is 1.85 bits per heavy atom. The number of hydrogen-bond acceptors (Lipinski definition) is 7. The Kier molecular flexibility index (Phi) is 4.15. The summed E-state index contributed by atoms with van der Waals surface area (Å²) >= 11 is 0. The molecular formula is C19H15N3O5. The molecular weight excluding hydrogens is 350 g/mol. The normalized spacial score (nSPS) is 13.8. The molecule has 8 nitrogen and oxygen atoms in total. The third kappa shape index (κ3) is 3.05. The van der Waals surface area contributed by atoms with E-state index in [0.717, 1.165) is 30.2 Å². The van der Waals surface area contributed by atoms with Crippen molar-refractivity contribution >= 4 is 28.0 Å². The minimum absolute atomic E-state index is 0.0319. The van der Waals surface area contributed by atoms with Crippen LogP contribution in [0.15, 0.2) is 55.8 Å². The van der Waals surface area contributed by atoms with Gasteiger partial charge in [-0.3, -0.25) is 10.1 Å². The van der Waals surface area contributed by atoms with Crippen molar-refractivity contribution in [1.82, 2.24) is 0 Å². The minimum atomic E-state index is -0.528. The number of azo groups is 1. The molecule has 3 aromatic rings. The number of phenolic OH excluding ortho intramolecular Hbond substituents is 1. The van der Waals surface area contributed by atoms with E-state index in [1.807, 2.05) is 0 Å². The van der Waals surface area contributed by atoms with Gasteiger partial charge in [0.25, 0.3) is 5.69 Å². The second-order valence-corrected chi connectivity index (χ2v) is 6.34. The Balaban J connectivity index is 1.85. The highest BCUT2D eigenvalue weighted by atomic mass is 16.6. The van der Waals surface area contributed by atoms with Crippen LogP contribution in [-0.4, -0.2) is 10.0 Å². The number of aryl methyl sites for hydroxylation is 1. The molecule has 1 aliphatic carbocycles. The molecule has 4 rings (SSSR count). The summed E-state index contributed by atoms with van der Waals surface area (Å²) in [4.78, 5) is 22.7. The standard InChI is InChI=1S/C19H15N3O5/c23-16-9-8-14-13-6-1-2-7-15(13)19(24)27-18(14)17(16)21-20-11-4-3-5-12(10-11)22(25)26/h3-5,8-10,23H,1-2,6-7H2. The van der Waals surface area contributed by atoms with E-state index in [4.69, 9.17) is 4.42 Å². The Morgan fingerprint density at radius 1 is 1.07 bits per heavy atom. The van der Waals surface area contributed by atoms with Crippen LogP contribution in [0.2, 0.25) is 0 Å². The molecule has 1 aliphatic rings. The molecule has 1 N–H and O–H groups in total. The lowest BCUT2D eigenvalue weighted by molar-refractivity contribution is -0.384. The maximum atomic E-state index is 12.3. The average molecular weight is 365 g/mol. The van der Waals surface area contributed by atoms with Crippen molar-refractivity contribution in [3.05, 3.63) is 68.1 Å². The van der Waals surface area contributed by atoms with E-state index < -0.39 is 10.5 Å². The largest absolute Gasteiger partial charge is 0.505 e. The van der Waals surface area contributed by atoms with Gasteiger partial charge in [0.05, 0.1) is 10.6 Å². The minimum Gasteiger partial charge on any atom is -0.505 e. The number of nitro groups is 1. The Bertz CT molecular complexity index is 1150. The van der Waals surface area contributed by atoms with Gasteiger partial charge in [-0.15, -0.1) is 5.11 Å². The van der Waals surface area contributed by atoms with Gasteiger partial charge in [0.1, 0.15) is 5.75 Å². The SMILES string of the molecule is O=c1oc2c(N=Nc3cccc([N+](=O)[O-])c3)c(O)ccc2c2c1CCCC2. The summed E-state index contributed by atoms with van der Waals surface area (Å²) in [5.74, 6) is -0.185. The van der Waals surface area contributed by atoms with E-state index in [0.29, 0.717) is 12.0 Å². The number of non-ortho nitro benzene ring substituents is 1. The third-order valence-corrected chi connectivity index (χ3v) is 4.65. The molecule has 8 heteroatoms. The van der Waals surface area contributed by atoms with Crippen LogP contribution < -0.4 is 5.63 Å². The van der Waals surface area contributed by atoms with Crippen molar-refractivity contribution in [3.63, 3.8) is 0 Å². The first kappa shape index (κ1) is 16.9. The van der Waals surface area contributed by atoms with Crippen LogP contribution in [0.1, 0.15) is 24.0 Å². The fraction of sp³-hybridized carbons (Fsp3) is 0.211. The Hall–Kier alpha value is -3.55. The van der Waals surface area contributed by atoms with Gasteiger partial charge in [-0.05, 0) is 49.4 Å². The first-order valence-corrected chi connectivity index (χ1v) is 8.51. The van der Waals surface area contributed by atoms with Crippen molar-refractivity contribution < 1.29 is 14.4 Å². The summed E-state index contributed by atoms with van der Waals surface area (Å²) in [5, 5.41) is 29.8. The molecule has 0 unspecified atom stereocenters. The first-order chi connectivity index (χ1) is 13.0. The monoisotopic (exact) mass is 365 g/mol. The average Bonchev–Trinajstić information content (AvgIpc) is 2.68. The van der Waals surface area contributed by atoms with Crippen LogP contribution in [0.4, 0.5) is 17.1 Å². The van der Waals surface area contributed by atoms with Gasteiger partial charge < -0.3 is 9.52 Å². The van der Waals surface area contributed by atoms with Crippen molar-refractivity contribution in [1.29, 1.82) is 0 Å². The maximum Gasteiger partial charge on any atom is 0.339 e. The van der Waals surface area contributed by atoms with Gasteiger partial charge in [0, 0.05) is 23.1 Å². The molecule has 0 bridgehead atoms. The summed E-state index contributed by atoms with van der Waals surface area (Å²) in [6.07, 6.45) is 3.38. The lowest BCUT2D eigenvalue weighted by Gasteiger charge is -2.16. The Morgan fingerprint density at radius 3 is 2.63 bits per heavy atom. The van der Waals surface area contributed by atoms with Crippen molar-refractivity contribution in [2.75, 3.05) is 0 Å². The van der Waals surface area contributed by atoms with Crippen LogP contribution in [0.25, 0.3) is 11.0 Å². The molecule has 0 aliphatic heterocycles. The fourth-order valence-electron chi connectivity index (χ4n) is 3.36. The first-order valence-electron chi connectivity index (χ1n) is 8.51. The summed E-state index contributed by atoms with van der Waals surface area (Å²) in [7, 11) is 0. The lowest BCUT2D eigenvalue weighted by Crippen LogP contribution is -2.15. The second kappa shape index (κ2) is 6.64. The number of hydrogen-bond donors (Lipinski definition) is 1. The molecule has 0 radical (unpaired) electrons. The number of benzene rings is 2. The van der Waals surface area contributed by atoms with E-state index in [1.165, 1.54) is 24.3 Å². The molecule has 0 amide bonds. The number of nitro benzene ring substituents is 1. The highest BCUT2D eigenvalue weighted by Gasteiger charge is 2.21. The molecule has 0 saturated heterocycles. The zero-order chi connectivity index (χ0) is 19.0. The second-order valence-electron chi connectivity index (χ2n) is 6.34. The van der Waals surface area contributed by atoms with Crippen LogP contribution in [-0.2, 0) is 12.8 Å². The van der Waals surface area contributed by atoms with Crippen molar-refractivity contribution in [2.45, 2.75) is 25.7 Å². The maximum absolute atomic E-state index is 12.3. The number of nitrogens with zero attached hydrogens (tertiary/aromatic N) is 3. The number of aromatic hydroxyl groups is 1. The molecule has 27 heavy (non-hydrogen) atoms. The molecule has 1 aromatic heterocycles. The molecule has 1 heterocycles. The zero-order valence-corrected chi connectivity index (χ0v) is 14.2. The highest BCUT2D eigenvalue weighted by Crippen LogP contribution is 2.38. The van der Waals surface area contributed by atoms with Gasteiger partial charge in [-0.1, -0.05) is 6.07 Å². The molecule has 0 saturated carbocycles. The van der Waals surface area contributed by atoms with Crippen LogP contribution >= 0.6 is 0 Å². The predicted molar refractivity (Wildman–Crippen MR) is 98.1 cm³/mol. The number of phenols is 1. The van der Waals surface area contributed by atoms with Crippen LogP contribution in [0.5, 0.6) is 5.75 Å². The smallest absolute Gasteiger partial charge is 0.339 e. The molecule has 0 spiro atoms. The summed E-state index contributed by atoms with van der Waals surface area (Å²) in [6, 6.07) is 8.86. The van der Waals surface area contributed by atoms with Gasteiger partial charge in [0.15, 0.2) is 11.3 Å². The number of rotatable bonds is 3. The van der Waals surface area contributed by atoms with E-state index in [1.54, 1.807) is 12.1 Å². The molecule has 0 atom stereocenters. The van der Waals surface area contributed by atoms with E-state index in [-0.39, 0.29) is 28.4 Å². The number of fused-ring (bicyclic) bond motifs is 3. The van der Waals surface area contributed by atoms with E-state index >= 15 is 0 Å². The van der Waals surface area contributed by atoms with E-state index in [9.17, 15) is 20.0 Å². The van der Waals surface area contributed by atoms with Crippen molar-refractivity contribution in [3.8, 4) is 5.75 Å². The Labute approximate surface area is 152 Å². The fourth-order valence-corrected chi connectivity index (χ4v) is 3.36. The highest BCUT2D eigenvalue weighted by molar-refractivity contribution is 5.93. The molecule has 2 aromatic carbocycles. The van der Waals surface area contributed by atoms with E-state index in [2.05, 4.69) is 10.2 Å². The molecule has 136 valence electrons. The van der Waals surface area contributed by atoms with Gasteiger partial charge in [-0.2, -0.15) is 5.11 Å². The van der Waals surface area contributed by atoms with Crippen LogP contribution in [0, 0.1) is 10.1 Å². The predicted octanol–water partition coefficient (Wildman–Crippen LogP) is 4.70. The van der Waals surface area contributed by atoms with Gasteiger partial charge >= 0.3 is 5.63 Å². The summed E-state index contributed by atoms with van der Waals surface area (Å²) in [6.45, 7) is 0. The lowest BCUT2D eigenvalue weighted by atomic mass is 9.90. The van der Waals surface area contributed by atoms with Gasteiger partial charge in [-0.25, -0.2) is 4.79 Å². The topological polar surface area (TPSA) is 118 Å². The van der Waals surface area contributed by atoms with Crippen LogP contribution in [0.3, 0.4) is 0 Å². The zero-order valence-electron chi connectivity index (χ0n) is 14.2. The quantitative estimate of drug-likeness (QED) is 0.312. The van der Waals surface area contributed by atoms with Crippen molar-refractivity contribution in [2.24, 2.45) is 10.2 Å². The summed E-state index contributed by atoms with van der Waals surface area (Å²) in [5.41, 5.74) is 1.53. The summed E-state index contributed by atoms with van der Waals surface area (Å²) < 4.78 is 5.44.